The van der Waals surface area contributed by atoms with Gasteiger partial charge in [-0.15, -0.1) is 0 Å². The third-order valence-electron chi connectivity index (χ3n) is 3.20. The van der Waals surface area contributed by atoms with Gasteiger partial charge < -0.3 is 16.0 Å². The van der Waals surface area contributed by atoms with Crippen LogP contribution in [0.4, 0.5) is 11.4 Å². The maximum absolute atomic E-state index is 12.2. The third-order valence-corrected chi connectivity index (χ3v) is 3.55. The third kappa shape index (κ3) is 5.00. The van der Waals surface area contributed by atoms with Crippen LogP contribution < -0.4 is 11.1 Å². The number of benzene rings is 1. The number of hydrogen-bond acceptors (Lipinski definition) is 4. The van der Waals surface area contributed by atoms with Crippen molar-refractivity contribution in [2.24, 2.45) is 0 Å². The second-order valence-electron chi connectivity index (χ2n) is 5.19. The monoisotopic (exact) mass is 298 g/mol. The fourth-order valence-corrected chi connectivity index (χ4v) is 1.74. The number of nitrogens with two attached hydrogens (primary N) is 1. The molecule has 0 bridgehead atoms. The molecule has 0 radical (unpaired) electrons. The van der Waals surface area contributed by atoms with E-state index in [4.69, 9.17) is 17.3 Å². The molecule has 1 rings (SSSR count). The number of likely N-dealkylation sites (N-methyl/N-ethyl adjacent to an activating group) is 2. The molecule has 5 nitrogen and oxygen atoms in total. The first-order valence-electron chi connectivity index (χ1n) is 6.52. The van der Waals surface area contributed by atoms with Crippen molar-refractivity contribution in [1.29, 1.82) is 0 Å². The standard InChI is InChI=1S/C14H23ClN4O/c1-10(19(4)8-7-18(2)3)14(20)17-11-5-6-12(15)13(16)9-11/h5-6,9-10H,7-8,16H2,1-4H3,(H,17,20). The number of anilines is 2. The lowest BCUT2D eigenvalue weighted by molar-refractivity contribution is -0.120. The summed E-state index contributed by atoms with van der Waals surface area (Å²) in [7, 11) is 5.95. The highest BCUT2D eigenvalue weighted by Gasteiger charge is 2.18. The highest BCUT2D eigenvalue weighted by atomic mass is 35.5. The Labute approximate surface area is 125 Å². The molecule has 20 heavy (non-hydrogen) atoms. The van der Waals surface area contributed by atoms with E-state index in [9.17, 15) is 4.79 Å². The van der Waals surface area contributed by atoms with Crippen LogP contribution >= 0.6 is 11.6 Å². The maximum atomic E-state index is 12.2. The Kier molecular flexibility index (Phi) is 6.26. The van der Waals surface area contributed by atoms with Gasteiger partial charge in [-0.05, 0) is 46.3 Å². The van der Waals surface area contributed by atoms with E-state index in [0.29, 0.717) is 16.4 Å². The number of halogens is 1. The van der Waals surface area contributed by atoms with Crippen molar-refractivity contribution in [3.05, 3.63) is 23.2 Å². The molecule has 0 saturated heterocycles. The molecule has 0 saturated carbocycles. The van der Waals surface area contributed by atoms with E-state index in [0.717, 1.165) is 13.1 Å². The van der Waals surface area contributed by atoms with E-state index < -0.39 is 0 Å². The zero-order valence-electron chi connectivity index (χ0n) is 12.5. The van der Waals surface area contributed by atoms with E-state index in [1.54, 1.807) is 18.2 Å². The summed E-state index contributed by atoms with van der Waals surface area (Å²) in [5.74, 6) is -0.0621. The Bertz CT molecular complexity index is 464. The van der Waals surface area contributed by atoms with Gasteiger partial charge in [-0.2, -0.15) is 0 Å². The van der Waals surface area contributed by atoms with Crippen molar-refractivity contribution in [1.82, 2.24) is 9.80 Å². The smallest absolute Gasteiger partial charge is 0.241 e. The molecule has 0 fully saturated rings. The quantitative estimate of drug-likeness (QED) is 0.786. The fraction of sp³-hybridized carbons (Fsp3) is 0.500. The van der Waals surface area contributed by atoms with Crippen LogP contribution in [-0.2, 0) is 4.79 Å². The van der Waals surface area contributed by atoms with Crippen LogP contribution in [0.25, 0.3) is 0 Å². The summed E-state index contributed by atoms with van der Waals surface area (Å²) in [6.07, 6.45) is 0. The number of nitrogens with one attached hydrogen (secondary N) is 1. The molecule has 0 heterocycles. The zero-order chi connectivity index (χ0) is 15.3. The topological polar surface area (TPSA) is 61.6 Å². The minimum Gasteiger partial charge on any atom is -0.397 e. The predicted octanol–water partition coefficient (Wildman–Crippen LogP) is 1.74. The van der Waals surface area contributed by atoms with Crippen molar-refractivity contribution in [2.45, 2.75) is 13.0 Å². The Morgan fingerprint density at radius 2 is 2.00 bits per heavy atom. The number of hydrogen-bond donors (Lipinski definition) is 2. The van der Waals surface area contributed by atoms with Crippen molar-refractivity contribution in [3.8, 4) is 0 Å². The molecule has 6 heteroatoms. The summed E-state index contributed by atoms with van der Waals surface area (Å²) in [5, 5.41) is 3.33. The number of rotatable bonds is 6. The summed E-state index contributed by atoms with van der Waals surface area (Å²) in [6.45, 7) is 3.61. The molecule has 3 N–H and O–H groups in total. The van der Waals surface area contributed by atoms with Crippen LogP contribution in [0.5, 0.6) is 0 Å². The molecule has 0 spiro atoms. The van der Waals surface area contributed by atoms with Gasteiger partial charge in [0.15, 0.2) is 0 Å². The Morgan fingerprint density at radius 1 is 1.35 bits per heavy atom. The van der Waals surface area contributed by atoms with Gasteiger partial charge in [-0.3, -0.25) is 9.69 Å². The molecular formula is C14H23ClN4O. The van der Waals surface area contributed by atoms with Gasteiger partial charge in [-0.25, -0.2) is 0 Å². The van der Waals surface area contributed by atoms with E-state index in [1.807, 2.05) is 33.0 Å². The first-order valence-corrected chi connectivity index (χ1v) is 6.90. The van der Waals surface area contributed by atoms with Gasteiger partial charge in [-0.1, -0.05) is 11.6 Å². The van der Waals surface area contributed by atoms with E-state index in [2.05, 4.69) is 10.2 Å². The van der Waals surface area contributed by atoms with Crippen molar-refractivity contribution < 1.29 is 4.79 Å². The Balaban J connectivity index is 2.58. The molecule has 0 aliphatic carbocycles. The van der Waals surface area contributed by atoms with E-state index in [1.165, 1.54) is 0 Å². The first kappa shape index (κ1) is 16.8. The van der Waals surface area contributed by atoms with E-state index in [-0.39, 0.29) is 11.9 Å². The highest BCUT2D eigenvalue weighted by Crippen LogP contribution is 2.22. The fourth-order valence-electron chi connectivity index (χ4n) is 1.62. The van der Waals surface area contributed by atoms with Crippen molar-refractivity contribution >= 4 is 28.9 Å². The Hall–Kier alpha value is -1.30. The van der Waals surface area contributed by atoms with Crippen LogP contribution in [0.2, 0.25) is 5.02 Å². The lowest BCUT2D eigenvalue weighted by atomic mass is 10.2. The predicted molar refractivity (Wildman–Crippen MR) is 85.1 cm³/mol. The van der Waals surface area contributed by atoms with Gasteiger partial charge in [0.2, 0.25) is 5.91 Å². The normalized spacial score (nSPS) is 12.8. The average Bonchev–Trinajstić information content (AvgIpc) is 2.39. The molecule has 0 aliphatic rings. The molecule has 0 aliphatic heterocycles. The minimum absolute atomic E-state index is 0.0621. The van der Waals surface area contributed by atoms with Crippen LogP contribution in [0, 0.1) is 0 Å². The van der Waals surface area contributed by atoms with Crippen LogP contribution in [-0.4, -0.2) is 56.0 Å². The second-order valence-corrected chi connectivity index (χ2v) is 5.59. The van der Waals surface area contributed by atoms with Crippen molar-refractivity contribution in [3.63, 3.8) is 0 Å². The number of nitrogens with zero attached hydrogens (tertiary/aromatic N) is 2. The maximum Gasteiger partial charge on any atom is 0.241 e. The van der Waals surface area contributed by atoms with Gasteiger partial charge in [0, 0.05) is 18.8 Å². The van der Waals surface area contributed by atoms with Gasteiger partial charge in [0.25, 0.3) is 0 Å². The highest BCUT2D eigenvalue weighted by molar-refractivity contribution is 6.33. The zero-order valence-corrected chi connectivity index (χ0v) is 13.2. The lowest BCUT2D eigenvalue weighted by Gasteiger charge is -2.25. The summed E-state index contributed by atoms with van der Waals surface area (Å²) in [6, 6.07) is 4.86. The van der Waals surface area contributed by atoms with Crippen LogP contribution in [0.15, 0.2) is 18.2 Å². The molecule has 1 aromatic carbocycles. The van der Waals surface area contributed by atoms with Gasteiger partial charge in [0.05, 0.1) is 16.8 Å². The van der Waals surface area contributed by atoms with Gasteiger partial charge in [0.1, 0.15) is 0 Å². The molecule has 0 aromatic heterocycles. The van der Waals surface area contributed by atoms with Crippen molar-refractivity contribution in [2.75, 3.05) is 45.3 Å². The van der Waals surface area contributed by atoms with Crippen LogP contribution in [0.3, 0.4) is 0 Å². The number of carbonyl (C=O) groups is 1. The molecule has 1 aromatic rings. The molecule has 1 unspecified atom stereocenters. The minimum atomic E-state index is -0.216. The Morgan fingerprint density at radius 3 is 2.55 bits per heavy atom. The number of amides is 1. The SMILES string of the molecule is CC(C(=O)Nc1ccc(Cl)c(N)c1)N(C)CCN(C)C. The number of nitrogen functional groups attached to an aromatic ring is 1. The first-order chi connectivity index (χ1) is 9.31. The van der Waals surface area contributed by atoms with Crippen LogP contribution in [0.1, 0.15) is 6.92 Å². The largest absolute Gasteiger partial charge is 0.397 e. The number of carbonyl (C=O) groups excluding carboxylic acids is 1. The molecule has 112 valence electrons. The summed E-state index contributed by atoms with van der Waals surface area (Å²) in [4.78, 5) is 16.2. The molecule has 1 atom stereocenters. The average molecular weight is 299 g/mol. The molecular weight excluding hydrogens is 276 g/mol. The summed E-state index contributed by atoms with van der Waals surface area (Å²) < 4.78 is 0. The second kappa shape index (κ2) is 7.47. The molecule has 1 amide bonds. The van der Waals surface area contributed by atoms with E-state index >= 15 is 0 Å². The van der Waals surface area contributed by atoms with Gasteiger partial charge >= 0.3 is 0 Å². The summed E-state index contributed by atoms with van der Waals surface area (Å²) in [5.41, 5.74) is 6.83. The lowest BCUT2D eigenvalue weighted by Crippen LogP contribution is -2.42. The summed E-state index contributed by atoms with van der Waals surface area (Å²) >= 11 is 5.85.